The van der Waals surface area contributed by atoms with Gasteiger partial charge in [-0.2, -0.15) is 0 Å². The number of anilines is 1. The van der Waals surface area contributed by atoms with E-state index in [-0.39, 0.29) is 17.9 Å². The number of carbonyl (C=O) groups excluding carboxylic acids is 1. The lowest BCUT2D eigenvalue weighted by Gasteiger charge is -2.43. The SMILES string of the molecule is Cc1noc2ncc(NC(=O)C3CC4CCCC(C3)C4N)cc12. The lowest BCUT2D eigenvalue weighted by molar-refractivity contribution is -0.122. The van der Waals surface area contributed by atoms with Gasteiger partial charge in [0.25, 0.3) is 5.71 Å². The summed E-state index contributed by atoms with van der Waals surface area (Å²) in [4.78, 5) is 16.9. The van der Waals surface area contributed by atoms with Crippen molar-refractivity contribution in [1.29, 1.82) is 0 Å². The van der Waals surface area contributed by atoms with Crippen molar-refractivity contribution >= 4 is 22.7 Å². The topological polar surface area (TPSA) is 94.0 Å². The van der Waals surface area contributed by atoms with E-state index < -0.39 is 0 Å². The third-order valence-corrected chi connectivity index (χ3v) is 5.56. The molecular formula is C17H22N4O2. The van der Waals surface area contributed by atoms with Crippen molar-refractivity contribution in [2.75, 3.05) is 5.32 Å². The number of hydrogen-bond acceptors (Lipinski definition) is 5. The summed E-state index contributed by atoms with van der Waals surface area (Å²) in [5.41, 5.74) is 8.29. The smallest absolute Gasteiger partial charge is 0.258 e. The van der Waals surface area contributed by atoms with E-state index in [0.29, 0.717) is 23.2 Å². The van der Waals surface area contributed by atoms with Crippen LogP contribution in [0, 0.1) is 24.7 Å². The van der Waals surface area contributed by atoms with Crippen LogP contribution in [0.2, 0.25) is 0 Å². The molecule has 2 aromatic heterocycles. The maximum Gasteiger partial charge on any atom is 0.258 e. The maximum absolute atomic E-state index is 12.6. The summed E-state index contributed by atoms with van der Waals surface area (Å²) in [6.07, 6.45) is 7.02. The molecule has 0 aromatic carbocycles. The molecule has 2 aliphatic carbocycles. The molecule has 0 spiro atoms. The number of hydrogen-bond donors (Lipinski definition) is 2. The molecule has 2 aromatic rings. The second-order valence-electron chi connectivity index (χ2n) is 7.03. The summed E-state index contributed by atoms with van der Waals surface area (Å²) in [6, 6.07) is 2.16. The van der Waals surface area contributed by atoms with Gasteiger partial charge in [-0.1, -0.05) is 11.6 Å². The molecular weight excluding hydrogens is 292 g/mol. The molecule has 3 N–H and O–H groups in total. The van der Waals surface area contributed by atoms with Gasteiger partial charge in [-0.3, -0.25) is 4.79 Å². The first-order valence-corrected chi connectivity index (χ1v) is 8.40. The van der Waals surface area contributed by atoms with Gasteiger partial charge < -0.3 is 15.6 Å². The second-order valence-corrected chi connectivity index (χ2v) is 7.03. The van der Waals surface area contributed by atoms with E-state index in [4.69, 9.17) is 10.3 Å². The predicted octanol–water partition coefficient (Wildman–Crippen LogP) is 2.62. The molecule has 1 amide bonds. The highest BCUT2D eigenvalue weighted by molar-refractivity contribution is 5.94. The summed E-state index contributed by atoms with van der Waals surface area (Å²) < 4.78 is 5.10. The molecule has 0 saturated heterocycles. The summed E-state index contributed by atoms with van der Waals surface area (Å²) in [6.45, 7) is 1.86. The van der Waals surface area contributed by atoms with E-state index in [0.717, 1.165) is 36.8 Å². The fraction of sp³-hybridized carbons (Fsp3) is 0.588. The fourth-order valence-corrected chi connectivity index (χ4v) is 4.26. The van der Waals surface area contributed by atoms with Crippen LogP contribution in [0.5, 0.6) is 0 Å². The van der Waals surface area contributed by atoms with Crippen LogP contribution < -0.4 is 11.1 Å². The number of amides is 1. The van der Waals surface area contributed by atoms with Crippen LogP contribution in [0.4, 0.5) is 5.69 Å². The number of pyridine rings is 1. The van der Waals surface area contributed by atoms with E-state index in [1.165, 1.54) is 6.42 Å². The van der Waals surface area contributed by atoms with E-state index in [1.54, 1.807) is 6.20 Å². The van der Waals surface area contributed by atoms with Crippen LogP contribution in [0.3, 0.4) is 0 Å². The Morgan fingerprint density at radius 3 is 2.83 bits per heavy atom. The molecule has 122 valence electrons. The third kappa shape index (κ3) is 2.61. The molecule has 2 fully saturated rings. The Labute approximate surface area is 134 Å². The van der Waals surface area contributed by atoms with Gasteiger partial charge in [0.2, 0.25) is 5.91 Å². The Morgan fingerprint density at radius 2 is 2.09 bits per heavy atom. The average molecular weight is 314 g/mol. The minimum Gasteiger partial charge on any atom is -0.336 e. The van der Waals surface area contributed by atoms with Gasteiger partial charge in [0, 0.05) is 12.0 Å². The first kappa shape index (κ1) is 14.6. The number of nitrogens with two attached hydrogens (primary N) is 1. The lowest BCUT2D eigenvalue weighted by atomic mass is 9.65. The number of fused-ring (bicyclic) bond motifs is 3. The van der Waals surface area contributed by atoms with Gasteiger partial charge in [0.15, 0.2) is 0 Å². The van der Waals surface area contributed by atoms with E-state index in [1.807, 2.05) is 13.0 Å². The predicted molar refractivity (Wildman–Crippen MR) is 86.7 cm³/mol. The normalized spacial score (nSPS) is 30.3. The van der Waals surface area contributed by atoms with Crippen molar-refractivity contribution in [1.82, 2.24) is 10.1 Å². The maximum atomic E-state index is 12.6. The monoisotopic (exact) mass is 314 g/mol. The van der Waals surface area contributed by atoms with Gasteiger partial charge in [-0.15, -0.1) is 0 Å². The van der Waals surface area contributed by atoms with Crippen molar-refractivity contribution in [2.45, 2.75) is 45.1 Å². The van der Waals surface area contributed by atoms with Crippen molar-refractivity contribution in [3.63, 3.8) is 0 Å². The first-order chi connectivity index (χ1) is 11.1. The molecule has 2 aliphatic rings. The Balaban J connectivity index is 1.49. The number of aryl methyl sites for hydroxylation is 1. The summed E-state index contributed by atoms with van der Waals surface area (Å²) in [5.74, 6) is 1.15. The third-order valence-electron chi connectivity index (χ3n) is 5.56. The molecule has 0 aliphatic heterocycles. The van der Waals surface area contributed by atoms with Crippen LogP contribution in [-0.4, -0.2) is 22.1 Å². The summed E-state index contributed by atoms with van der Waals surface area (Å²) in [7, 11) is 0. The molecule has 6 heteroatoms. The van der Waals surface area contributed by atoms with Crippen molar-refractivity contribution in [3.8, 4) is 0 Å². The van der Waals surface area contributed by atoms with Crippen LogP contribution >= 0.6 is 0 Å². The van der Waals surface area contributed by atoms with Gasteiger partial charge >= 0.3 is 0 Å². The molecule has 6 nitrogen and oxygen atoms in total. The molecule has 4 rings (SSSR count). The molecule has 2 unspecified atom stereocenters. The zero-order valence-corrected chi connectivity index (χ0v) is 13.3. The van der Waals surface area contributed by atoms with E-state index in [9.17, 15) is 4.79 Å². The number of carbonyl (C=O) groups is 1. The molecule has 23 heavy (non-hydrogen) atoms. The average Bonchev–Trinajstić information content (AvgIpc) is 2.88. The van der Waals surface area contributed by atoms with Gasteiger partial charge in [0.05, 0.1) is 23.0 Å². The van der Waals surface area contributed by atoms with Gasteiger partial charge in [-0.25, -0.2) is 4.98 Å². The largest absolute Gasteiger partial charge is 0.336 e. The van der Waals surface area contributed by atoms with Gasteiger partial charge in [-0.05, 0) is 50.5 Å². The Bertz CT molecular complexity index is 727. The second kappa shape index (κ2) is 5.60. The van der Waals surface area contributed by atoms with Crippen LogP contribution in [0.15, 0.2) is 16.8 Å². The van der Waals surface area contributed by atoms with Crippen molar-refractivity contribution < 1.29 is 9.32 Å². The highest BCUT2D eigenvalue weighted by Gasteiger charge is 2.40. The Morgan fingerprint density at radius 1 is 1.35 bits per heavy atom. The number of nitrogens with zero attached hydrogens (tertiary/aromatic N) is 2. The number of aromatic nitrogens is 2. The number of rotatable bonds is 2. The highest BCUT2D eigenvalue weighted by Crippen LogP contribution is 2.42. The van der Waals surface area contributed by atoms with E-state index in [2.05, 4.69) is 15.5 Å². The standard InChI is InChI=1S/C17H22N4O2/c1-9-14-7-13(8-19-17(14)23-21-9)20-16(22)12-5-10-3-2-4-11(6-12)15(10)18/h7-8,10-12,15H,2-6,18H2,1H3,(H,20,22). The molecule has 2 atom stereocenters. The number of nitrogens with one attached hydrogen (secondary N) is 1. The quantitative estimate of drug-likeness (QED) is 0.888. The summed E-state index contributed by atoms with van der Waals surface area (Å²) >= 11 is 0. The Kier molecular flexibility index (Phi) is 3.56. The van der Waals surface area contributed by atoms with Gasteiger partial charge in [0.1, 0.15) is 0 Å². The Hall–Kier alpha value is -1.95. The van der Waals surface area contributed by atoms with Crippen LogP contribution in [0.25, 0.3) is 11.1 Å². The molecule has 2 saturated carbocycles. The lowest BCUT2D eigenvalue weighted by Crippen LogP contribution is -2.48. The fourth-order valence-electron chi connectivity index (χ4n) is 4.26. The minimum atomic E-state index is 0.0596. The van der Waals surface area contributed by atoms with E-state index >= 15 is 0 Å². The molecule has 2 bridgehead atoms. The van der Waals surface area contributed by atoms with Crippen molar-refractivity contribution in [3.05, 3.63) is 18.0 Å². The van der Waals surface area contributed by atoms with Crippen LogP contribution in [0.1, 0.15) is 37.8 Å². The van der Waals surface area contributed by atoms with Crippen LogP contribution in [-0.2, 0) is 4.79 Å². The first-order valence-electron chi connectivity index (χ1n) is 8.40. The molecule has 2 heterocycles. The van der Waals surface area contributed by atoms with Crippen molar-refractivity contribution in [2.24, 2.45) is 23.5 Å². The zero-order valence-electron chi connectivity index (χ0n) is 13.3. The summed E-state index contributed by atoms with van der Waals surface area (Å²) in [5, 5.41) is 7.74. The zero-order chi connectivity index (χ0) is 16.0. The minimum absolute atomic E-state index is 0.0596. The molecule has 0 radical (unpaired) electrons. The highest BCUT2D eigenvalue weighted by atomic mass is 16.5.